The van der Waals surface area contributed by atoms with Crippen LogP contribution in [0.25, 0.3) is 0 Å². The Morgan fingerprint density at radius 3 is 3.06 bits per heavy atom. The van der Waals surface area contributed by atoms with Gasteiger partial charge in [0.05, 0.1) is 4.92 Å². The smallest absolute Gasteiger partial charge is 0.288 e. The molecule has 1 aromatic rings. The van der Waals surface area contributed by atoms with Crippen molar-refractivity contribution in [1.82, 2.24) is 4.98 Å². The molecule has 0 amide bonds. The molecule has 0 aliphatic carbocycles. The van der Waals surface area contributed by atoms with Gasteiger partial charge in [0, 0.05) is 24.5 Å². The van der Waals surface area contributed by atoms with Crippen LogP contribution in [0.15, 0.2) is 12.3 Å². The lowest BCUT2D eigenvalue weighted by Crippen LogP contribution is -2.28. The number of rotatable bonds is 4. The highest BCUT2D eigenvalue weighted by Gasteiger charge is 2.17. The third-order valence-electron chi connectivity index (χ3n) is 2.75. The molecular formula is C11H14N4O3. The Bertz CT molecular complexity index is 458. The Kier molecular flexibility index (Phi) is 3.83. The van der Waals surface area contributed by atoms with Crippen LogP contribution in [0.1, 0.15) is 24.8 Å². The number of aromatic nitrogens is 1. The lowest BCUT2D eigenvalue weighted by molar-refractivity contribution is -0.385. The number of nitrogens with one attached hydrogen (secondary N) is 2. The average Bonchev–Trinajstić information content (AvgIpc) is 2.40. The van der Waals surface area contributed by atoms with Crippen LogP contribution in [0.3, 0.4) is 0 Å². The summed E-state index contributed by atoms with van der Waals surface area (Å²) in [6.07, 6.45) is 5.08. The van der Waals surface area contributed by atoms with E-state index in [1.807, 2.05) is 0 Å². The molecule has 2 heterocycles. The van der Waals surface area contributed by atoms with Crippen LogP contribution in [-0.2, 0) is 4.74 Å². The van der Waals surface area contributed by atoms with Gasteiger partial charge in [-0.15, -0.1) is 0 Å². The van der Waals surface area contributed by atoms with Gasteiger partial charge in [0.2, 0.25) is 0 Å². The van der Waals surface area contributed by atoms with Crippen LogP contribution < -0.4 is 5.32 Å². The van der Waals surface area contributed by atoms with Crippen molar-refractivity contribution in [1.29, 1.82) is 5.41 Å². The molecule has 7 nitrogen and oxygen atoms in total. The number of hydrogen-bond acceptors (Lipinski definition) is 6. The van der Waals surface area contributed by atoms with Crippen molar-refractivity contribution in [3.63, 3.8) is 0 Å². The minimum absolute atomic E-state index is 0.122. The topological polar surface area (TPSA) is 101 Å². The summed E-state index contributed by atoms with van der Waals surface area (Å²) in [7, 11) is 0. The molecular weight excluding hydrogens is 236 g/mol. The molecule has 1 fully saturated rings. The van der Waals surface area contributed by atoms with E-state index in [1.165, 1.54) is 12.3 Å². The molecule has 0 spiro atoms. The van der Waals surface area contributed by atoms with Crippen LogP contribution in [0.5, 0.6) is 0 Å². The molecule has 1 aromatic heterocycles. The number of hydrogen-bond donors (Lipinski definition) is 2. The standard InChI is InChI=1S/C11H14N4O3/c12-6-8-5-9(15(16)17)7-13-11(8)14-10-3-1-2-4-18-10/h5-7,10,12H,1-4H2,(H,13,14). The van der Waals surface area contributed by atoms with Crippen LogP contribution in [-0.4, -0.2) is 29.0 Å². The summed E-state index contributed by atoms with van der Waals surface area (Å²) >= 11 is 0. The molecule has 0 aromatic carbocycles. The van der Waals surface area contributed by atoms with Crippen molar-refractivity contribution in [3.8, 4) is 0 Å². The van der Waals surface area contributed by atoms with Gasteiger partial charge >= 0.3 is 0 Å². The van der Waals surface area contributed by atoms with Crippen molar-refractivity contribution in [2.45, 2.75) is 25.5 Å². The average molecular weight is 250 g/mol. The van der Waals surface area contributed by atoms with Crippen molar-refractivity contribution in [3.05, 3.63) is 27.9 Å². The minimum Gasteiger partial charge on any atom is -0.359 e. The van der Waals surface area contributed by atoms with Gasteiger partial charge < -0.3 is 15.5 Å². The Morgan fingerprint density at radius 2 is 2.44 bits per heavy atom. The van der Waals surface area contributed by atoms with E-state index < -0.39 is 4.92 Å². The zero-order valence-corrected chi connectivity index (χ0v) is 9.76. The summed E-state index contributed by atoms with van der Waals surface area (Å²) in [5.41, 5.74) is 0.266. The largest absolute Gasteiger partial charge is 0.359 e. The van der Waals surface area contributed by atoms with Gasteiger partial charge in [-0.05, 0) is 19.3 Å². The molecule has 1 atom stereocenters. The molecule has 1 aliphatic heterocycles. The molecule has 2 rings (SSSR count). The molecule has 2 N–H and O–H groups in total. The van der Waals surface area contributed by atoms with E-state index in [0.717, 1.165) is 25.5 Å². The zero-order valence-electron chi connectivity index (χ0n) is 9.76. The number of anilines is 1. The molecule has 0 radical (unpaired) electrons. The first-order valence-electron chi connectivity index (χ1n) is 5.74. The highest BCUT2D eigenvalue weighted by atomic mass is 16.6. The Balaban J connectivity index is 2.16. The summed E-state index contributed by atoms with van der Waals surface area (Å²) in [6, 6.07) is 1.32. The van der Waals surface area contributed by atoms with Crippen molar-refractivity contribution < 1.29 is 9.66 Å². The van der Waals surface area contributed by atoms with Crippen LogP contribution in [0.4, 0.5) is 11.5 Å². The van der Waals surface area contributed by atoms with Gasteiger partial charge in [-0.2, -0.15) is 0 Å². The lowest BCUT2D eigenvalue weighted by atomic mass is 10.2. The molecule has 96 valence electrons. The number of nitrogens with zero attached hydrogens (tertiary/aromatic N) is 2. The van der Waals surface area contributed by atoms with E-state index in [0.29, 0.717) is 18.0 Å². The van der Waals surface area contributed by atoms with Gasteiger partial charge in [0.15, 0.2) is 0 Å². The van der Waals surface area contributed by atoms with Gasteiger partial charge in [0.1, 0.15) is 18.2 Å². The first-order chi connectivity index (χ1) is 8.70. The van der Waals surface area contributed by atoms with Crippen LogP contribution in [0, 0.1) is 15.5 Å². The van der Waals surface area contributed by atoms with Crippen molar-refractivity contribution in [2.24, 2.45) is 0 Å². The highest BCUT2D eigenvalue weighted by molar-refractivity contribution is 5.85. The summed E-state index contributed by atoms with van der Waals surface area (Å²) in [4.78, 5) is 14.1. The second kappa shape index (κ2) is 5.54. The molecule has 18 heavy (non-hydrogen) atoms. The van der Waals surface area contributed by atoms with Crippen LogP contribution >= 0.6 is 0 Å². The first-order valence-corrected chi connectivity index (χ1v) is 5.74. The molecule has 1 aliphatic rings. The monoisotopic (exact) mass is 250 g/mol. The fraction of sp³-hybridized carbons (Fsp3) is 0.455. The Labute approximate surface area is 104 Å². The zero-order chi connectivity index (χ0) is 13.0. The maximum absolute atomic E-state index is 10.6. The molecule has 7 heteroatoms. The quantitative estimate of drug-likeness (QED) is 0.483. The van der Waals surface area contributed by atoms with Crippen molar-refractivity contribution in [2.75, 3.05) is 11.9 Å². The Morgan fingerprint density at radius 1 is 1.61 bits per heavy atom. The summed E-state index contributed by atoms with van der Waals surface area (Å²) in [6.45, 7) is 0.699. The third-order valence-corrected chi connectivity index (χ3v) is 2.75. The lowest BCUT2D eigenvalue weighted by Gasteiger charge is -2.24. The number of pyridine rings is 1. The second-order valence-electron chi connectivity index (χ2n) is 4.03. The van der Waals surface area contributed by atoms with E-state index in [4.69, 9.17) is 10.1 Å². The Hall–Kier alpha value is -2.02. The van der Waals surface area contributed by atoms with E-state index >= 15 is 0 Å². The van der Waals surface area contributed by atoms with Gasteiger partial charge in [-0.25, -0.2) is 4.98 Å². The van der Waals surface area contributed by atoms with Crippen molar-refractivity contribution >= 4 is 17.7 Å². The summed E-state index contributed by atoms with van der Waals surface area (Å²) < 4.78 is 5.50. The predicted octanol–water partition coefficient (Wildman–Crippen LogP) is 1.93. The van der Waals surface area contributed by atoms with Gasteiger partial charge in [-0.1, -0.05) is 0 Å². The molecule has 1 unspecified atom stereocenters. The predicted molar refractivity (Wildman–Crippen MR) is 66.0 cm³/mol. The normalized spacial score (nSPS) is 19.2. The minimum atomic E-state index is -0.527. The summed E-state index contributed by atoms with van der Waals surface area (Å²) in [5, 5.41) is 20.9. The summed E-state index contributed by atoms with van der Waals surface area (Å²) in [5.74, 6) is 0.447. The maximum atomic E-state index is 10.6. The maximum Gasteiger partial charge on any atom is 0.288 e. The number of nitro groups is 1. The number of ether oxygens (including phenoxy) is 1. The van der Waals surface area contributed by atoms with Gasteiger partial charge in [-0.3, -0.25) is 10.1 Å². The van der Waals surface area contributed by atoms with E-state index in [-0.39, 0.29) is 11.9 Å². The third kappa shape index (κ3) is 2.80. The van der Waals surface area contributed by atoms with E-state index in [9.17, 15) is 10.1 Å². The SMILES string of the molecule is N=Cc1cc([N+](=O)[O-])cnc1NC1CCCCO1. The first kappa shape index (κ1) is 12.4. The van der Waals surface area contributed by atoms with E-state index in [1.54, 1.807) is 0 Å². The molecule has 1 saturated heterocycles. The highest BCUT2D eigenvalue weighted by Crippen LogP contribution is 2.20. The van der Waals surface area contributed by atoms with E-state index in [2.05, 4.69) is 10.3 Å². The van der Waals surface area contributed by atoms with Crippen LogP contribution in [0.2, 0.25) is 0 Å². The van der Waals surface area contributed by atoms with Gasteiger partial charge in [0.25, 0.3) is 5.69 Å². The fourth-order valence-corrected chi connectivity index (χ4v) is 1.81. The fourth-order valence-electron chi connectivity index (χ4n) is 1.81. The molecule has 0 bridgehead atoms. The molecule has 0 saturated carbocycles. The second-order valence-corrected chi connectivity index (χ2v) is 4.03.